The number of carbonyl (C=O) groups is 2. The molecule has 0 aliphatic carbocycles. The molecule has 1 unspecified atom stereocenters. The Kier molecular flexibility index (Phi) is 5.60. The maximum atomic E-state index is 11.7. The van der Waals surface area contributed by atoms with Crippen LogP contribution in [0.4, 0.5) is 0 Å². The van der Waals surface area contributed by atoms with Crippen molar-refractivity contribution in [1.82, 2.24) is 5.32 Å². The van der Waals surface area contributed by atoms with Gasteiger partial charge in [-0.2, -0.15) is 0 Å². The average molecular weight is 330 g/mol. The Morgan fingerprint density at radius 2 is 1.88 bits per heavy atom. The number of alkyl halides is 1. The summed E-state index contributed by atoms with van der Waals surface area (Å²) in [5, 5.41) is 2.38. The predicted molar refractivity (Wildman–Crippen MR) is 66.7 cm³/mol. The molecule has 0 saturated heterocycles. The van der Waals surface area contributed by atoms with Crippen LogP contribution in [0.1, 0.15) is 13.8 Å². The molecule has 0 aromatic heterocycles. The predicted octanol–water partition coefficient (Wildman–Crippen LogP) is -0.138. The number of hydrogen-bond acceptors (Lipinski definition) is 5. The minimum atomic E-state index is -3.52. The summed E-state index contributed by atoms with van der Waals surface area (Å²) >= 11 is 3.01. The topological polar surface area (TPSA) is 89.5 Å². The lowest BCUT2D eigenvalue weighted by atomic mass is 10.2. The van der Waals surface area contributed by atoms with Gasteiger partial charge in [-0.25, -0.2) is 8.42 Å². The van der Waals surface area contributed by atoms with Crippen LogP contribution in [0.3, 0.4) is 0 Å². The second-order valence-electron chi connectivity index (χ2n) is 3.98. The second-order valence-corrected chi connectivity index (χ2v) is 7.65. The number of methoxy groups -OCH3 is 1. The second kappa shape index (κ2) is 5.81. The number of ether oxygens (including phenoxy) is 1. The van der Waals surface area contributed by atoms with Crippen molar-refractivity contribution in [2.75, 3.05) is 19.9 Å². The van der Waals surface area contributed by atoms with Crippen LogP contribution in [0.2, 0.25) is 0 Å². The first kappa shape index (κ1) is 16.4. The van der Waals surface area contributed by atoms with Gasteiger partial charge >= 0.3 is 5.97 Å². The molecule has 100 valence electrons. The summed E-state index contributed by atoms with van der Waals surface area (Å²) in [5.74, 6) is -1.20. The van der Waals surface area contributed by atoms with Crippen LogP contribution in [0, 0.1) is 0 Å². The number of carbonyl (C=O) groups excluding carboxylic acids is 2. The molecule has 1 N–H and O–H groups in total. The Hall–Kier alpha value is -0.630. The van der Waals surface area contributed by atoms with E-state index in [-0.39, 0.29) is 6.54 Å². The summed E-state index contributed by atoms with van der Waals surface area (Å²) in [6, 6.07) is 0. The van der Waals surface area contributed by atoms with Gasteiger partial charge in [0, 0.05) is 12.8 Å². The summed E-state index contributed by atoms with van der Waals surface area (Å²) in [5.41, 5.74) is 0. The van der Waals surface area contributed by atoms with Gasteiger partial charge in [0.1, 0.15) is 9.57 Å². The van der Waals surface area contributed by atoms with Crippen LogP contribution in [0.5, 0.6) is 0 Å². The van der Waals surface area contributed by atoms with Crippen molar-refractivity contribution >= 4 is 37.6 Å². The fourth-order valence-electron chi connectivity index (χ4n) is 0.775. The minimum Gasteiger partial charge on any atom is -0.468 e. The van der Waals surface area contributed by atoms with Gasteiger partial charge in [-0.3, -0.25) is 9.59 Å². The first-order valence-electron chi connectivity index (χ1n) is 4.74. The van der Waals surface area contributed by atoms with E-state index in [9.17, 15) is 18.0 Å². The van der Waals surface area contributed by atoms with E-state index in [0.29, 0.717) is 0 Å². The standard InChI is InChI=1S/C9H16BrNO5S/c1-9(2,17(4,14)15)8(13)11-5-6(10)7(12)16-3/h6H,5H2,1-4H3,(H,11,13). The molecular formula is C9H16BrNO5S. The van der Waals surface area contributed by atoms with Crippen molar-refractivity contribution in [3.8, 4) is 0 Å². The quantitative estimate of drug-likeness (QED) is 0.560. The number of sulfone groups is 1. The lowest BCUT2D eigenvalue weighted by molar-refractivity contribution is -0.139. The van der Waals surface area contributed by atoms with Crippen molar-refractivity contribution < 1.29 is 22.7 Å². The molecule has 0 aromatic carbocycles. The summed E-state index contributed by atoms with van der Waals surface area (Å²) in [4.78, 5) is 22.0. The third kappa shape index (κ3) is 4.27. The van der Waals surface area contributed by atoms with E-state index in [1.807, 2.05) is 0 Å². The Balaban J connectivity index is 4.54. The van der Waals surface area contributed by atoms with Crippen LogP contribution >= 0.6 is 15.9 Å². The molecule has 1 atom stereocenters. The van der Waals surface area contributed by atoms with E-state index in [1.165, 1.54) is 21.0 Å². The molecule has 0 aromatic rings. The van der Waals surface area contributed by atoms with E-state index < -0.39 is 31.3 Å². The molecule has 0 aliphatic heterocycles. The van der Waals surface area contributed by atoms with Crippen molar-refractivity contribution in [3.63, 3.8) is 0 Å². The molecule has 0 saturated carbocycles. The van der Waals surface area contributed by atoms with E-state index in [4.69, 9.17) is 0 Å². The van der Waals surface area contributed by atoms with Gasteiger partial charge in [-0.1, -0.05) is 15.9 Å². The van der Waals surface area contributed by atoms with Gasteiger partial charge < -0.3 is 10.1 Å². The minimum absolute atomic E-state index is 0.0372. The van der Waals surface area contributed by atoms with E-state index in [0.717, 1.165) is 6.26 Å². The lowest BCUT2D eigenvalue weighted by Crippen LogP contribution is -2.49. The Bertz CT molecular complexity index is 404. The number of hydrogen-bond donors (Lipinski definition) is 1. The molecule has 0 fully saturated rings. The van der Waals surface area contributed by atoms with Crippen molar-refractivity contribution in [2.24, 2.45) is 0 Å². The van der Waals surface area contributed by atoms with Gasteiger partial charge in [-0.15, -0.1) is 0 Å². The molecule has 17 heavy (non-hydrogen) atoms. The Morgan fingerprint density at radius 1 is 1.41 bits per heavy atom. The molecular weight excluding hydrogens is 314 g/mol. The van der Waals surface area contributed by atoms with Crippen molar-refractivity contribution in [1.29, 1.82) is 0 Å². The largest absolute Gasteiger partial charge is 0.468 e. The zero-order valence-corrected chi connectivity index (χ0v) is 12.5. The molecule has 6 nitrogen and oxygen atoms in total. The molecule has 0 heterocycles. The Morgan fingerprint density at radius 3 is 2.24 bits per heavy atom. The molecule has 0 radical (unpaired) electrons. The maximum Gasteiger partial charge on any atom is 0.321 e. The normalized spacial score (nSPS) is 13.9. The summed E-state index contributed by atoms with van der Waals surface area (Å²) < 4.78 is 25.6. The lowest BCUT2D eigenvalue weighted by Gasteiger charge is -2.21. The van der Waals surface area contributed by atoms with Gasteiger partial charge in [0.15, 0.2) is 9.84 Å². The number of halogens is 1. The van der Waals surface area contributed by atoms with Gasteiger partial charge in [0.25, 0.3) is 0 Å². The first-order valence-corrected chi connectivity index (χ1v) is 7.54. The average Bonchev–Trinajstić information content (AvgIpc) is 2.22. The fourth-order valence-corrected chi connectivity index (χ4v) is 1.53. The highest BCUT2D eigenvalue weighted by Gasteiger charge is 2.38. The number of rotatable bonds is 5. The molecule has 0 spiro atoms. The number of amides is 1. The van der Waals surface area contributed by atoms with E-state index in [1.54, 1.807) is 0 Å². The monoisotopic (exact) mass is 329 g/mol. The highest BCUT2D eigenvalue weighted by atomic mass is 79.9. The van der Waals surface area contributed by atoms with E-state index in [2.05, 4.69) is 26.0 Å². The number of nitrogens with one attached hydrogen (secondary N) is 1. The molecule has 0 rings (SSSR count). The van der Waals surface area contributed by atoms with E-state index >= 15 is 0 Å². The summed E-state index contributed by atoms with van der Waals surface area (Å²) in [6.07, 6.45) is 0.985. The third-order valence-corrected chi connectivity index (χ3v) is 5.11. The van der Waals surface area contributed by atoms with Crippen LogP contribution in [-0.4, -0.2) is 49.8 Å². The molecule has 0 bridgehead atoms. The SMILES string of the molecule is COC(=O)C(Br)CNC(=O)C(C)(C)S(C)(=O)=O. The van der Waals surface area contributed by atoms with Gasteiger partial charge in [-0.05, 0) is 13.8 Å². The maximum absolute atomic E-state index is 11.7. The third-order valence-electron chi connectivity index (χ3n) is 2.37. The Labute approximate surface area is 109 Å². The molecule has 0 aliphatic rings. The number of esters is 1. The highest BCUT2D eigenvalue weighted by molar-refractivity contribution is 9.10. The first-order chi connectivity index (χ1) is 7.54. The van der Waals surface area contributed by atoms with Crippen LogP contribution < -0.4 is 5.32 Å². The molecule has 1 amide bonds. The smallest absolute Gasteiger partial charge is 0.321 e. The fraction of sp³-hybridized carbons (Fsp3) is 0.778. The van der Waals surface area contributed by atoms with Gasteiger partial charge in [0.05, 0.1) is 7.11 Å². The zero-order chi connectivity index (χ0) is 13.9. The zero-order valence-electron chi connectivity index (χ0n) is 10.1. The van der Waals surface area contributed by atoms with Crippen LogP contribution in [-0.2, 0) is 24.2 Å². The van der Waals surface area contributed by atoms with Crippen LogP contribution in [0.15, 0.2) is 0 Å². The molecule has 8 heteroatoms. The summed E-state index contributed by atoms with van der Waals surface area (Å²) in [6.45, 7) is 2.57. The van der Waals surface area contributed by atoms with Crippen molar-refractivity contribution in [3.05, 3.63) is 0 Å². The van der Waals surface area contributed by atoms with Crippen molar-refractivity contribution in [2.45, 2.75) is 23.4 Å². The summed E-state index contributed by atoms with van der Waals surface area (Å²) in [7, 11) is -2.30. The van der Waals surface area contributed by atoms with Crippen LogP contribution in [0.25, 0.3) is 0 Å². The van der Waals surface area contributed by atoms with Gasteiger partial charge in [0.2, 0.25) is 5.91 Å². The highest BCUT2D eigenvalue weighted by Crippen LogP contribution is 2.15.